The third kappa shape index (κ3) is 1.29. The molecule has 0 saturated heterocycles. The third-order valence-corrected chi connectivity index (χ3v) is 3.06. The molecule has 3 heteroatoms. The fourth-order valence-electron chi connectivity index (χ4n) is 1.54. The van der Waals surface area contributed by atoms with Gasteiger partial charge < -0.3 is 4.42 Å². The van der Waals surface area contributed by atoms with Crippen molar-refractivity contribution in [2.75, 3.05) is 0 Å². The standard InChI is InChI=1S/C12H6BrClO/c13-8-4-2-6-10-11(8)7-3-1-5-9(14)12(7)15-10/h1-6H/i1D,2D,5D,6D. The maximum absolute atomic E-state index is 7.86. The number of para-hydroxylation sites is 1. The molecule has 0 aliphatic heterocycles. The van der Waals surface area contributed by atoms with E-state index in [1.165, 1.54) is 12.1 Å². The highest BCUT2D eigenvalue weighted by Crippen LogP contribution is 2.36. The van der Waals surface area contributed by atoms with E-state index in [1.807, 2.05) is 0 Å². The molecule has 3 aromatic rings. The van der Waals surface area contributed by atoms with Gasteiger partial charge in [-0.05, 0) is 18.2 Å². The van der Waals surface area contributed by atoms with Crippen molar-refractivity contribution in [3.63, 3.8) is 0 Å². The van der Waals surface area contributed by atoms with Crippen molar-refractivity contribution in [3.8, 4) is 0 Å². The van der Waals surface area contributed by atoms with E-state index < -0.39 is 0 Å². The lowest BCUT2D eigenvalue weighted by Gasteiger charge is -1.92. The van der Waals surface area contributed by atoms with Gasteiger partial charge in [0.2, 0.25) is 0 Å². The molecule has 2 aromatic carbocycles. The van der Waals surface area contributed by atoms with E-state index in [0.29, 0.717) is 15.2 Å². The van der Waals surface area contributed by atoms with Crippen LogP contribution in [0.5, 0.6) is 0 Å². The molecule has 74 valence electrons. The first-order chi connectivity index (χ1) is 8.91. The molecule has 3 rings (SSSR count). The molecule has 0 atom stereocenters. The van der Waals surface area contributed by atoms with Gasteiger partial charge in [0.15, 0.2) is 5.58 Å². The Hall–Kier alpha value is -0.990. The predicted molar refractivity (Wildman–Crippen MR) is 66.4 cm³/mol. The lowest BCUT2D eigenvalue weighted by Crippen LogP contribution is -1.68. The lowest BCUT2D eigenvalue weighted by molar-refractivity contribution is 0.669. The maximum atomic E-state index is 7.86. The van der Waals surface area contributed by atoms with E-state index in [0.717, 1.165) is 0 Å². The number of rotatable bonds is 0. The molecule has 0 radical (unpaired) electrons. The first kappa shape index (κ1) is 5.92. The van der Waals surface area contributed by atoms with Crippen LogP contribution in [0.25, 0.3) is 21.9 Å². The molecule has 0 amide bonds. The zero-order chi connectivity index (χ0) is 13.9. The SMILES string of the molecule is [2H]c1cc2c(oc3c([2H])c([2H])cc(Br)c32)c(Cl)c1[2H]. The van der Waals surface area contributed by atoms with Crippen molar-refractivity contribution < 1.29 is 9.90 Å². The summed E-state index contributed by atoms with van der Waals surface area (Å²) in [6.45, 7) is 0. The number of hydrogen-bond donors (Lipinski definition) is 0. The van der Waals surface area contributed by atoms with Crippen molar-refractivity contribution in [3.05, 3.63) is 45.8 Å². The Balaban J connectivity index is 2.64. The van der Waals surface area contributed by atoms with Crippen LogP contribution in [0.1, 0.15) is 5.48 Å². The average molecular weight is 286 g/mol. The minimum atomic E-state index is -0.109. The van der Waals surface area contributed by atoms with Gasteiger partial charge in [-0.15, -0.1) is 0 Å². The maximum Gasteiger partial charge on any atom is 0.154 e. The van der Waals surface area contributed by atoms with Gasteiger partial charge in [0.25, 0.3) is 0 Å². The minimum Gasteiger partial charge on any atom is -0.454 e. The van der Waals surface area contributed by atoms with E-state index >= 15 is 0 Å². The van der Waals surface area contributed by atoms with Crippen LogP contribution < -0.4 is 0 Å². The minimum absolute atomic E-state index is 0.00594. The van der Waals surface area contributed by atoms with Crippen LogP contribution in [0.15, 0.2) is 45.2 Å². The first-order valence-corrected chi connectivity index (χ1v) is 5.36. The molecule has 0 aliphatic carbocycles. The molecule has 1 heterocycles. The molecule has 1 nitrogen and oxygen atoms in total. The van der Waals surface area contributed by atoms with Gasteiger partial charge in [-0.3, -0.25) is 0 Å². The Bertz CT molecular complexity index is 843. The highest BCUT2D eigenvalue weighted by atomic mass is 79.9. The summed E-state index contributed by atoms with van der Waals surface area (Å²) in [5.41, 5.74) is 0.513. The molecule has 0 saturated carbocycles. The third-order valence-electron chi connectivity index (χ3n) is 2.17. The van der Waals surface area contributed by atoms with E-state index in [-0.39, 0.29) is 40.4 Å². The number of halogens is 2. The Morgan fingerprint density at radius 3 is 2.93 bits per heavy atom. The fraction of sp³-hybridized carbons (Fsp3) is 0. The second-order valence-corrected chi connectivity index (χ2v) is 4.27. The topological polar surface area (TPSA) is 13.1 Å². The molecule has 15 heavy (non-hydrogen) atoms. The molecular formula is C12H6BrClO. The summed E-state index contributed by atoms with van der Waals surface area (Å²) >= 11 is 9.36. The second-order valence-electron chi connectivity index (χ2n) is 3.04. The van der Waals surface area contributed by atoms with Crippen LogP contribution in [-0.2, 0) is 0 Å². The van der Waals surface area contributed by atoms with Crippen LogP contribution in [0, 0.1) is 0 Å². The summed E-state index contributed by atoms with van der Waals surface area (Å²) in [5, 5.41) is 1.23. The van der Waals surface area contributed by atoms with Gasteiger partial charge in [-0.25, -0.2) is 0 Å². The van der Waals surface area contributed by atoms with E-state index in [2.05, 4.69) is 15.9 Å². The molecular weight excluding hydrogens is 275 g/mol. The van der Waals surface area contributed by atoms with Gasteiger partial charge in [0.05, 0.1) is 10.5 Å². The van der Waals surface area contributed by atoms with E-state index in [1.54, 1.807) is 0 Å². The lowest BCUT2D eigenvalue weighted by atomic mass is 10.1. The number of benzene rings is 2. The van der Waals surface area contributed by atoms with Crippen LogP contribution >= 0.6 is 27.5 Å². The molecule has 0 bridgehead atoms. The normalized spacial score (nSPS) is 15.1. The zero-order valence-electron chi connectivity index (χ0n) is 11.3. The van der Waals surface area contributed by atoms with Crippen LogP contribution in [0.2, 0.25) is 5.02 Å². The highest BCUT2D eigenvalue weighted by molar-refractivity contribution is 9.10. The van der Waals surface area contributed by atoms with E-state index in [9.17, 15) is 0 Å². The predicted octanol–water partition coefficient (Wildman–Crippen LogP) is 5.00. The van der Waals surface area contributed by atoms with Crippen molar-refractivity contribution in [1.82, 2.24) is 0 Å². The monoisotopic (exact) mass is 284 g/mol. The van der Waals surface area contributed by atoms with Crippen LogP contribution in [-0.4, -0.2) is 0 Å². The summed E-state index contributed by atoms with van der Waals surface area (Å²) in [5.74, 6) is 0. The number of furan rings is 1. The fourth-order valence-corrected chi connectivity index (χ4v) is 2.24. The van der Waals surface area contributed by atoms with Crippen molar-refractivity contribution >= 4 is 49.5 Å². The van der Waals surface area contributed by atoms with Crippen LogP contribution in [0.3, 0.4) is 0 Å². The average Bonchev–Trinajstić information content (AvgIpc) is 2.73. The van der Waals surface area contributed by atoms with Gasteiger partial charge >= 0.3 is 0 Å². The van der Waals surface area contributed by atoms with E-state index in [4.69, 9.17) is 21.5 Å². The summed E-state index contributed by atoms with van der Waals surface area (Å²) in [6.07, 6.45) is 0. The number of fused-ring (bicyclic) bond motifs is 3. The molecule has 0 aliphatic rings. The summed E-state index contributed by atoms with van der Waals surface area (Å²) in [4.78, 5) is 0. The Morgan fingerprint density at radius 2 is 2.07 bits per heavy atom. The molecule has 1 aromatic heterocycles. The van der Waals surface area contributed by atoms with Gasteiger partial charge in [-0.2, -0.15) is 0 Å². The second kappa shape index (κ2) is 3.26. The Morgan fingerprint density at radius 1 is 1.27 bits per heavy atom. The van der Waals surface area contributed by atoms with Gasteiger partial charge in [0, 0.05) is 15.2 Å². The first-order valence-electron chi connectivity index (χ1n) is 6.19. The largest absolute Gasteiger partial charge is 0.454 e. The van der Waals surface area contributed by atoms with Gasteiger partial charge in [-0.1, -0.05) is 45.7 Å². The Kier molecular flexibility index (Phi) is 1.29. The zero-order valence-corrected chi connectivity index (χ0v) is 9.66. The molecule has 0 unspecified atom stereocenters. The quantitative estimate of drug-likeness (QED) is 0.566. The number of hydrogen-bond acceptors (Lipinski definition) is 1. The smallest absolute Gasteiger partial charge is 0.154 e. The molecule has 0 spiro atoms. The van der Waals surface area contributed by atoms with Crippen molar-refractivity contribution in [2.24, 2.45) is 0 Å². The summed E-state index contributed by atoms with van der Waals surface area (Å²) < 4.78 is 37.1. The van der Waals surface area contributed by atoms with Gasteiger partial charge in [0.1, 0.15) is 5.58 Å². The molecule has 0 fully saturated rings. The van der Waals surface area contributed by atoms with Crippen LogP contribution in [0.4, 0.5) is 0 Å². The summed E-state index contributed by atoms with van der Waals surface area (Å²) in [7, 11) is 0. The molecule has 0 N–H and O–H groups in total. The van der Waals surface area contributed by atoms with Crippen molar-refractivity contribution in [2.45, 2.75) is 0 Å². The Labute approximate surface area is 105 Å². The van der Waals surface area contributed by atoms with Crippen molar-refractivity contribution in [1.29, 1.82) is 0 Å². The summed E-state index contributed by atoms with van der Waals surface area (Å²) in [6, 6.07) is 2.88. The highest BCUT2D eigenvalue weighted by Gasteiger charge is 2.11.